The maximum Gasteiger partial charge on any atom is 0.140 e. The summed E-state index contributed by atoms with van der Waals surface area (Å²) in [5, 5.41) is 1.26. The Hall–Kier alpha value is -1.24. The van der Waals surface area contributed by atoms with Crippen LogP contribution in [0.5, 0.6) is 0 Å². The van der Waals surface area contributed by atoms with Gasteiger partial charge < -0.3 is 9.80 Å². The largest absolute Gasteiger partial charge is 0.355 e. The van der Waals surface area contributed by atoms with Crippen molar-refractivity contribution in [3.05, 3.63) is 17.3 Å². The molecule has 2 aromatic heterocycles. The van der Waals surface area contributed by atoms with Crippen LogP contribution in [0.2, 0.25) is 0 Å². The average molecular weight is 400 g/mol. The Balaban J connectivity index is 1.29. The minimum Gasteiger partial charge on any atom is -0.355 e. The summed E-state index contributed by atoms with van der Waals surface area (Å²) in [4.78, 5) is 19.6. The zero-order chi connectivity index (χ0) is 19.5. The number of fused-ring (bicyclic) bond motifs is 1. The van der Waals surface area contributed by atoms with Crippen LogP contribution >= 0.6 is 11.3 Å². The van der Waals surface area contributed by atoms with E-state index in [4.69, 9.17) is 4.98 Å². The van der Waals surface area contributed by atoms with Crippen molar-refractivity contribution in [2.75, 3.05) is 51.2 Å². The van der Waals surface area contributed by atoms with Gasteiger partial charge in [-0.15, -0.1) is 11.3 Å². The van der Waals surface area contributed by atoms with Gasteiger partial charge in [0.25, 0.3) is 0 Å². The normalized spacial score (nSPS) is 24.2. The molecular formula is C22H33N5S. The Morgan fingerprint density at radius 1 is 1.21 bits per heavy atom. The maximum atomic E-state index is 4.70. The van der Waals surface area contributed by atoms with Gasteiger partial charge in [0, 0.05) is 61.5 Å². The van der Waals surface area contributed by atoms with Crippen LogP contribution in [0.1, 0.15) is 32.1 Å². The summed E-state index contributed by atoms with van der Waals surface area (Å²) in [6.07, 6.45) is 4.13. The summed E-state index contributed by atoms with van der Waals surface area (Å²) in [5.74, 6) is 2.77. The summed E-state index contributed by atoms with van der Waals surface area (Å²) in [5.41, 5.74) is 0.476. The van der Waals surface area contributed by atoms with Crippen LogP contribution in [0.4, 0.5) is 5.82 Å². The van der Waals surface area contributed by atoms with Gasteiger partial charge in [0.2, 0.25) is 0 Å². The Kier molecular flexibility index (Phi) is 4.64. The lowest BCUT2D eigenvalue weighted by Gasteiger charge is -2.57. The van der Waals surface area contributed by atoms with Gasteiger partial charge in [-0.3, -0.25) is 4.90 Å². The number of anilines is 1. The fraction of sp³-hybridized carbons (Fsp3) is 0.727. The molecule has 0 N–H and O–H groups in total. The molecule has 3 fully saturated rings. The van der Waals surface area contributed by atoms with E-state index in [-0.39, 0.29) is 0 Å². The number of thiophene rings is 1. The summed E-state index contributed by atoms with van der Waals surface area (Å²) < 4.78 is 0. The van der Waals surface area contributed by atoms with E-state index in [9.17, 15) is 0 Å². The molecule has 28 heavy (non-hydrogen) atoms. The molecule has 5 rings (SSSR count). The van der Waals surface area contributed by atoms with E-state index < -0.39 is 0 Å². The van der Waals surface area contributed by atoms with E-state index in [1.165, 1.54) is 42.9 Å². The second-order valence-corrected chi connectivity index (χ2v) is 10.9. The second-order valence-electron chi connectivity index (χ2n) is 9.77. The third-order valence-electron chi connectivity index (χ3n) is 7.20. The zero-order valence-electron chi connectivity index (χ0n) is 17.7. The van der Waals surface area contributed by atoms with Crippen LogP contribution in [0.25, 0.3) is 10.2 Å². The molecule has 0 aromatic carbocycles. The lowest BCUT2D eigenvalue weighted by molar-refractivity contribution is -0.0776. The first kappa shape index (κ1) is 18.8. The van der Waals surface area contributed by atoms with Crippen molar-refractivity contribution in [1.29, 1.82) is 0 Å². The topological polar surface area (TPSA) is 35.5 Å². The first-order valence-corrected chi connectivity index (χ1v) is 11.7. The fourth-order valence-corrected chi connectivity index (χ4v) is 6.88. The quantitative estimate of drug-likeness (QED) is 0.770. The number of aryl methyl sites for hydroxylation is 1. The summed E-state index contributed by atoms with van der Waals surface area (Å²) in [7, 11) is 2.25. The molecule has 0 aliphatic carbocycles. The smallest absolute Gasteiger partial charge is 0.140 e. The maximum absolute atomic E-state index is 4.70. The van der Waals surface area contributed by atoms with Crippen molar-refractivity contribution < 1.29 is 0 Å². The number of likely N-dealkylation sites (tertiary alicyclic amines) is 2. The van der Waals surface area contributed by atoms with Crippen molar-refractivity contribution in [2.24, 2.45) is 17.3 Å². The molecule has 0 radical (unpaired) electrons. The van der Waals surface area contributed by atoms with Crippen molar-refractivity contribution in [3.8, 4) is 0 Å². The van der Waals surface area contributed by atoms with Crippen LogP contribution in [0.3, 0.4) is 0 Å². The predicted molar refractivity (Wildman–Crippen MR) is 117 cm³/mol. The molecule has 1 atom stereocenters. The van der Waals surface area contributed by atoms with Crippen molar-refractivity contribution in [1.82, 2.24) is 19.8 Å². The Morgan fingerprint density at radius 3 is 2.68 bits per heavy atom. The van der Waals surface area contributed by atoms with Crippen LogP contribution < -0.4 is 4.90 Å². The lowest BCUT2D eigenvalue weighted by atomic mass is 9.74. The van der Waals surface area contributed by atoms with Gasteiger partial charge >= 0.3 is 0 Å². The van der Waals surface area contributed by atoms with E-state index in [0.29, 0.717) is 5.41 Å². The van der Waals surface area contributed by atoms with Gasteiger partial charge in [0.15, 0.2) is 0 Å². The fourth-order valence-electron chi connectivity index (χ4n) is 5.95. The zero-order valence-corrected chi connectivity index (χ0v) is 18.5. The second kappa shape index (κ2) is 6.92. The van der Waals surface area contributed by atoms with E-state index in [2.05, 4.69) is 53.6 Å². The highest BCUT2D eigenvalue weighted by atomic mass is 32.1. The molecule has 0 unspecified atom stereocenters. The van der Waals surface area contributed by atoms with E-state index >= 15 is 0 Å². The molecule has 0 amide bonds. The number of nitrogens with zero attached hydrogens (tertiary/aromatic N) is 5. The Labute approximate surface area is 172 Å². The van der Waals surface area contributed by atoms with E-state index in [0.717, 1.165) is 48.0 Å². The molecule has 3 aliphatic heterocycles. The van der Waals surface area contributed by atoms with Crippen LogP contribution in [0, 0.1) is 17.3 Å². The third kappa shape index (κ3) is 3.04. The number of aromatic nitrogens is 2. The molecule has 3 saturated heterocycles. The van der Waals surface area contributed by atoms with Gasteiger partial charge in [-0.1, -0.05) is 20.8 Å². The SMILES string of the molecule is CCc1cc2c(N3CCC4(C3)CN([C@@H](C(C)C)C3CN(C)C3)C4)ncnc2s1. The van der Waals surface area contributed by atoms with Crippen LogP contribution in [-0.4, -0.2) is 72.1 Å². The number of rotatable bonds is 5. The number of hydrogen-bond donors (Lipinski definition) is 0. The molecule has 0 bridgehead atoms. The summed E-state index contributed by atoms with van der Waals surface area (Å²) >= 11 is 1.82. The highest BCUT2D eigenvalue weighted by Crippen LogP contribution is 2.45. The Morgan fingerprint density at radius 2 is 2.00 bits per heavy atom. The minimum absolute atomic E-state index is 0.476. The predicted octanol–water partition coefficient (Wildman–Crippen LogP) is 3.35. The lowest BCUT2D eigenvalue weighted by Crippen LogP contribution is -2.67. The van der Waals surface area contributed by atoms with Crippen molar-refractivity contribution in [2.45, 2.75) is 39.7 Å². The van der Waals surface area contributed by atoms with Crippen LogP contribution in [0.15, 0.2) is 12.4 Å². The van der Waals surface area contributed by atoms with E-state index in [1.807, 2.05) is 11.3 Å². The highest BCUT2D eigenvalue weighted by molar-refractivity contribution is 7.18. The molecule has 152 valence electrons. The van der Waals surface area contributed by atoms with Crippen LogP contribution in [-0.2, 0) is 6.42 Å². The molecule has 6 heteroatoms. The van der Waals surface area contributed by atoms with Gasteiger partial charge in [-0.2, -0.15) is 0 Å². The summed E-state index contributed by atoms with van der Waals surface area (Å²) in [6.45, 7) is 14.4. The molecule has 3 aliphatic rings. The third-order valence-corrected chi connectivity index (χ3v) is 8.39. The van der Waals surface area contributed by atoms with Crippen molar-refractivity contribution >= 4 is 27.4 Å². The first-order chi connectivity index (χ1) is 13.5. The molecule has 5 heterocycles. The van der Waals surface area contributed by atoms with Gasteiger partial charge in [-0.25, -0.2) is 9.97 Å². The Bertz CT molecular complexity index is 850. The average Bonchev–Trinajstić information content (AvgIpc) is 3.23. The highest BCUT2D eigenvalue weighted by Gasteiger charge is 2.52. The number of hydrogen-bond acceptors (Lipinski definition) is 6. The van der Waals surface area contributed by atoms with Gasteiger partial charge in [-0.05, 0) is 31.9 Å². The monoisotopic (exact) mass is 399 g/mol. The standard InChI is InChI=1S/C22H33N5S/c1-5-17-8-18-20(23-14-24-21(18)28-17)26-7-6-22(11-26)12-27(13-22)19(15(2)3)16-9-25(4)10-16/h8,14-16,19H,5-7,9-13H2,1-4H3/t19-/m0/s1. The van der Waals surface area contributed by atoms with Crippen molar-refractivity contribution in [3.63, 3.8) is 0 Å². The molecular weight excluding hydrogens is 366 g/mol. The molecule has 1 spiro atoms. The van der Waals surface area contributed by atoms with Gasteiger partial charge in [0.05, 0.1) is 5.39 Å². The molecule has 0 saturated carbocycles. The minimum atomic E-state index is 0.476. The van der Waals surface area contributed by atoms with E-state index in [1.54, 1.807) is 6.33 Å². The molecule has 5 nitrogen and oxygen atoms in total. The summed E-state index contributed by atoms with van der Waals surface area (Å²) in [6, 6.07) is 3.07. The molecule has 2 aromatic rings. The first-order valence-electron chi connectivity index (χ1n) is 10.9. The van der Waals surface area contributed by atoms with Gasteiger partial charge in [0.1, 0.15) is 17.0 Å².